The molecule has 0 N–H and O–H groups in total. The van der Waals surface area contributed by atoms with Gasteiger partial charge in [-0.15, -0.1) is 13.2 Å². The third kappa shape index (κ3) is 7.25. The molecule has 1 fully saturated rings. The number of rotatable bonds is 8. The molecule has 1 saturated carbocycles. The fourth-order valence-corrected chi connectivity index (χ4v) is 4.15. The highest BCUT2D eigenvalue weighted by molar-refractivity contribution is 5.30. The SMILES string of the molecule is C/C=C/C1CCC(c2ccc(C(F)(F)OCCc3ccc(OC(F)(F)F)c(F)c3)cc2)CC1. The maximum absolute atomic E-state index is 14.4. The van der Waals surface area contributed by atoms with Crippen LogP contribution in [0.25, 0.3) is 0 Å². The van der Waals surface area contributed by atoms with Gasteiger partial charge < -0.3 is 9.47 Å². The molecular weight excluding hydrogens is 446 g/mol. The Morgan fingerprint density at radius 1 is 0.939 bits per heavy atom. The first-order valence-corrected chi connectivity index (χ1v) is 10.9. The predicted octanol–water partition coefficient (Wildman–Crippen LogP) is 7.88. The Bertz CT molecular complexity index is 929. The highest BCUT2D eigenvalue weighted by Gasteiger charge is 2.34. The lowest BCUT2D eigenvalue weighted by atomic mass is 9.78. The van der Waals surface area contributed by atoms with E-state index in [2.05, 4.69) is 16.9 Å². The van der Waals surface area contributed by atoms with Crippen molar-refractivity contribution in [1.82, 2.24) is 0 Å². The van der Waals surface area contributed by atoms with Crippen molar-refractivity contribution in [2.24, 2.45) is 5.92 Å². The Morgan fingerprint density at radius 3 is 2.18 bits per heavy atom. The molecular formula is C25H26F6O2. The maximum atomic E-state index is 14.4. The molecule has 0 atom stereocenters. The number of halogens is 6. The van der Waals surface area contributed by atoms with E-state index >= 15 is 0 Å². The number of alkyl halides is 5. The summed E-state index contributed by atoms with van der Waals surface area (Å²) in [7, 11) is 0. The van der Waals surface area contributed by atoms with E-state index in [1.54, 1.807) is 12.1 Å². The molecule has 0 aromatic heterocycles. The fourth-order valence-electron chi connectivity index (χ4n) is 4.15. The molecule has 1 aliphatic carbocycles. The van der Waals surface area contributed by atoms with E-state index in [4.69, 9.17) is 4.74 Å². The van der Waals surface area contributed by atoms with Gasteiger partial charge in [-0.1, -0.05) is 42.5 Å². The Balaban J connectivity index is 1.53. The van der Waals surface area contributed by atoms with Gasteiger partial charge in [-0.2, -0.15) is 8.78 Å². The van der Waals surface area contributed by atoms with Crippen molar-refractivity contribution in [3.8, 4) is 5.75 Å². The van der Waals surface area contributed by atoms with Crippen LogP contribution in [0.1, 0.15) is 55.2 Å². The molecule has 2 aromatic rings. The van der Waals surface area contributed by atoms with Crippen LogP contribution in [0.2, 0.25) is 0 Å². The minimum Gasteiger partial charge on any atom is -0.403 e. The largest absolute Gasteiger partial charge is 0.573 e. The van der Waals surface area contributed by atoms with E-state index in [0.717, 1.165) is 43.4 Å². The second-order valence-corrected chi connectivity index (χ2v) is 8.19. The number of benzene rings is 2. The third-order valence-corrected chi connectivity index (χ3v) is 5.85. The monoisotopic (exact) mass is 472 g/mol. The zero-order valence-electron chi connectivity index (χ0n) is 18.2. The van der Waals surface area contributed by atoms with Crippen molar-refractivity contribution in [3.63, 3.8) is 0 Å². The Labute approximate surface area is 189 Å². The van der Waals surface area contributed by atoms with Gasteiger partial charge >= 0.3 is 12.5 Å². The van der Waals surface area contributed by atoms with Gasteiger partial charge in [0, 0.05) is 0 Å². The summed E-state index contributed by atoms with van der Waals surface area (Å²) >= 11 is 0. The molecule has 180 valence electrons. The summed E-state index contributed by atoms with van der Waals surface area (Å²) in [5.74, 6) is -1.26. The summed E-state index contributed by atoms with van der Waals surface area (Å²) in [6.07, 6.45) is -0.178. The highest BCUT2D eigenvalue weighted by atomic mass is 19.4. The van der Waals surface area contributed by atoms with Crippen LogP contribution in [-0.4, -0.2) is 13.0 Å². The average Bonchev–Trinajstić information content (AvgIpc) is 2.76. The van der Waals surface area contributed by atoms with Crippen molar-refractivity contribution in [3.05, 3.63) is 77.1 Å². The molecule has 8 heteroatoms. The minimum atomic E-state index is -5.02. The van der Waals surface area contributed by atoms with Crippen molar-refractivity contribution in [2.75, 3.05) is 6.61 Å². The molecule has 0 bridgehead atoms. The lowest BCUT2D eigenvalue weighted by molar-refractivity contribution is -0.275. The summed E-state index contributed by atoms with van der Waals surface area (Å²) in [6.45, 7) is 1.57. The molecule has 33 heavy (non-hydrogen) atoms. The first kappa shape index (κ1) is 25.1. The smallest absolute Gasteiger partial charge is 0.403 e. The Kier molecular flexibility index (Phi) is 8.10. The summed E-state index contributed by atoms with van der Waals surface area (Å²) in [6, 6.07) is 8.92. The Morgan fingerprint density at radius 2 is 1.61 bits per heavy atom. The van der Waals surface area contributed by atoms with E-state index in [-0.39, 0.29) is 17.5 Å². The second-order valence-electron chi connectivity index (χ2n) is 8.19. The van der Waals surface area contributed by atoms with Crippen LogP contribution in [0.4, 0.5) is 26.3 Å². The molecule has 3 rings (SSSR count). The molecule has 0 spiro atoms. The number of ether oxygens (including phenoxy) is 2. The summed E-state index contributed by atoms with van der Waals surface area (Å²) in [4.78, 5) is 0. The first-order valence-electron chi connectivity index (χ1n) is 10.9. The quantitative estimate of drug-likeness (QED) is 0.287. The summed E-state index contributed by atoms with van der Waals surface area (Å²) in [5, 5.41) is 0. The topological polar surface area (TPSA) is 18.5 Å². The fraction of sp³-hybridized carbons (Fsp3) is 0.440. The lowest BCUT2D eigenvalue weighted by Gasteiger charge is -2.27. The van der Waals surface area contributed by atoms with Gasteiger partial charge in [0.25, 0.3) is 0 Å². The van der Waals surface area contributed by atoms with Gasteiger partial charge in [-0.05, 0) is 74.1 Å². The number of hydrogen-bond donors (Lipinski definition) is 0. The van der Waals surface area contributed by atoms with E-state index in [9.17, 15) is 26.3 Å². The van der Waals surface area contributed by atoms with E-state index in [1.165, 1.54) is 18.2 Å². The van der Waals surface area contributed by atoms with Crippen molar-refractivity contribution in [2.45, 2.75) is 57.4 Å². The van der Waals surface area contributed by atoms with Crippen LogP contribution < -0.4 is 4.74 Å². The van der Waals surface area contributed by atoms with Gasteiger partial charge in [-0.25, -0.2) is 4.39 Å². The van der Waals surface area contributed by atoms with Crippen LogP contribution in [0.5, 0.6) is 5.75 Å². The Hall–Kier alpha value is -2.48. The highest BCUT2D eigenvalue weighted by Crippen LogP contribution is 2.38. The molecule has 0 aliphatic heterocycles. The van der Waals surface area contributed by atoms with E-state index in [0.29, 0.717) is 11.8 Å². The average molecular weight is 472 g/mol. The summed E-state index contributed by atoms with van der Waals surface area (Å²) < 4.78 is 87.5. The molecule has 0 radical (unpaired) electrons. The minimum absolute atomic E-state index is 0.105. The molecule has 0 saturated heterocycles. The van der Waals surface area contributed by atoms with Gasteiger partial charge in [0.05, 0.1) is 12.2 Å². The zero-order valence-corrected chi connectivity index (χ0v) is 18.2. The van der Waals surface area contributed by atoms with Crippen molar-refractivity contribution in [1.29, 1.82) is 0 Å². The molecule has 0 unspecified atom stereocenters. The molecule has 0 heterocycles. The lowest BCUT2D eigenvalue weighted by Crippen LogP contribution is -2.20. The second kappa shape index (κ2) is 10.6. The third-order valence-electron chi connectivity index (χ3n) is 5.85. The van der Waals surface area contributed by atoms with Crippen LogP contribution in [0.3, 0.4) is 0 Å². The number of allylic oxidation sites excluding steroid dienone is 2. The molecule has 1 aliphatic rings. The number of hydrogen-bond acceptors (Lipinski definition) is 2. The van der Waals surface area contributed by atoms with E-state index < -0.39 is 30.6 Å². The van der Waals surface area contributed by atoms with Gasteiger partial charge in [0.2, 0.25) is 0 Å². The van der Waals surface area contributed by atoms with Crippen LogP contribution in [-0.2, 0) is 17.3 Å². The van der Waals surface area contributed by atoms with Crippen molar-refractivity contribution < 1.29 is 35.8 Å². The predicted molar refractivity (Wildman–Crippen MR) is 113 cm³/mol. The zero-order chi connectivity index (χ0) is 24.1. The van der Waals surface area contributed by atoms with Crippen LogP contribution in [0, 0.1) is 11.7 Å². The van der Waals surface area contributed by atoms with E-state index in [1.807, 2.05) is 6.92 Å². The molecule has 0 amide bonds. The first-order chi connectivity index (χ1) is 15.6. The normalized spacial score (nSPS) is 19.7. The van der Waals surface area contributed by atoms with Crippen molar-refractivity contribution >= 4 is 0 Å². The van der Waals surface area contributed by atoms with Gasteiger partial charge in [-0.3, -0.25) is 0 Å². The molecule has 2 aromatic carbocycles. The van der Waals surface area contributed by atoms with Gasteiger partial charge in [0.15, 0.2) is 11.6 Å². The standard InChI is InChI=1S/C25H26F6O2/c1-2-3-17-4-7-19(8-5-17)20-9-11-21(12-10-20)24(27,28)32-15-14-18-6-13-23(22(26)16-18)33-25(29,30)31/h2-3,6,9-13,16-17,19H,4-5,7-8,14-15H2,1H3/b3-2+. The summed E-state index contributed by atoms with van der Waals surface area (Å²) in [5.41, 5.74) is 0.959. The van der Waals surface area contributed by atoms with Gasteiger partial charge in [0.1, 0.15) is 0 Å². The van der Waals surface area contributed by atoms with Crippen LogP contribution in [0.15, 0.2) is 54.6 Å². The molecule has 2 nitrogen and oxygen atoms in total. The van der Waals surface area contributed by atoms with Crippen LogP contribution >= 0.6 is 0 Å². The maximum Gasteiger partial charge on any atom is 0.573 e.